The van der Waals surface area contributed by atoms with Gasteiger partial charge in [-0.3, -0.25) is 13.9 Å². The summed E-state index contributed by atoms with van der Waals surface area (Å²) in [4.78, 5) is 24.2. The van der Waals surface area contributed by atoms with Gasteiger partial charge in [0.05, 0.1) is 22.5 Å². The Morgan fingerprint density at radius 1 is 0.976 bits per heavy atom. The monoisotopic (exact) mass is 625 g/mol. The van der Waals surface area contributed by atoms with Crippen molar-refractivity contribution >= 4 is 27.5 Å². The molecule has 0 spiro atoms. The molecule has 3 atom stereocenters. The summed E-state index contributed by atoms with van der Waals surface area (Å²) >= 11 is 0. The average Bonchev–Trinajstić information content (AvgIpc) is 3.34. The molecule has 1 fully saturated rings. The van der Waals surface area contributed by atoms with E-state index in [-0.39, 0.29) is 24.1 Å². The van der Waals surface area contributed by atoms with Crippen molar-refractivity contribution in [2.75, 3.05) is 4.31 Å². The molecular formula is C26H26F7N3O5S. The lowest BCUT2D eigenvalue weighted by Crippen LogP contribution is -2.54. The summed E-state index contributed by atoms with van der Waals surface area (Å²) in [6.07, 6.45) is -11.7. The van der Waals surface area contributed by atoms with Crippen molar-refractivity contribution in [1.29, 1.82) is 0 Å². The number of anilines is 1. The Hall–Kier alpha value is -3.40. The minimum Gasteiger partial charge on any atom is -0.369 e. The number of hydrogen-bond acceptors (Lipinski definition) is 5. The zero-order valence-electron chi connectivity index (χ0n) is 21.7. The van der Waals surface area contributed by atoms with Crippen LogP contribution in [-0.4, -0.2) is 49.8 Å². The predicted octanol–water partition coefficient (Wildman–Crippen LogP) is 3.81. The standard InChI is InChI=1S/C26H26F7N3O5S/c27-16-6-9-18(10-7-16)42(40,41)36-17(13-22(37)35-20-3-1-2-19(20)23(34)38)8-4-14-12-15(5-11-21(14)36)24(39,25(28,29)30)26(31,32)33/h5-7,9-12,17,19-20,39H,1-4,8,13H2,(H2,34,38)(H,35,37). The van der Waals surface area contributed by atoms with Crippen molar-refractivity contribution in [3.63, 3.8) is 0 Å². The van der Waals surface area contributed by atoms with Gasteiger partial charge in [0, 0.05) is 18.0 Å². The first-order valence-corrected chi connectivity index (χ1v) is 14.2. The molecule has 4 rings (SSSR count). The van der Waals surface area contributed by atoms with E-state index in [4.69, 9.17) is 5.73 Å². The number of aliphatic hydroxyl groups is 1. The van der Waals surface area contributed by atoms with E-state index in [2.05, 4.69) is 5.32 Å². The summed E-state index contributed by atoms with van der Waals surface area (Å²) in [5, 5.41) is 12.5. The molecule has 4 N–H and O–H groups in total. The molecule has 230 valence electrons. The molecule has 2 amide bonds. The van der Waals surface area contributed by atoms with Crippen LogP contribution in [0.1, 0.15) is 43.2 Å². The van der Waals surface area contributed by atoms with Crippen molar-refractivity contribution in [3.05, 3.63) is 59.4 Å². The molecule has 2 aliphatic rings. The van der Waals surface area contributed by atoms with Gasteiger partial charge in [-0.2, -0.15) is 26.3 Å². The highest BCUT2D eigenvalue weighted by atomic mass is 32.2. The summed E-state index contributed by atoms with van der Waals surface area (Å²) in [5.74, 6) is -2.66. The van der Waals surface area contributed by atoms with Crippen molar-refractivity contribution in [3.8, 4) is 0 Å². The topological polar surface area (TPSA) is 130 Å². The molecule has 8 nitrogen and oxygen atoms in total. The fourth-order valence-electron chi connectivity index (χ4n) is 5.53. The van der Waals surface area contributed by atoms with E-state index < -0.39 is 80.5 Å². The largest absolute Gasteiger partial charge is 0.430 e. The highest BCUT2D eigenvalue weighted by Gasteiger charge is 2.71. The second kappa shape index (κ2) is 11.0. The number of halogens is 7. The quantitative estimate of drug-likeness (QED) is 0.403. The Balaban J connectivity index is 1.75. The van der Waals surface area contributed by atoms with Gasteiger partial charge >= 0.3 is 12.4 Å². The summed E-state index contributed by atoms with van der Waals surface area (Å²) in [6.45, 7) is 0. The number of nitrogens with one attached hydrogen (secondary N) is 1. The number of benzene rings is 2. The van der Waals surface area contributed by atoms with Crippen LogP contribution in [0.2, 0.25) is 0 Å². The highest BCUT2D eigenvalue weighted by Crippen LogP contribution is 2.51. The number of alkyl halides is 6. The zero-order valence-corrected chi connectivity index (χ0v) is 22.5. The third-order valence-electron chi connectivity index (χ3n) is 7.65. The van der Waals surface area contributed by atoms with E-state index in [0.29, 0.717) is 41.8 Å². The van der Waals surface area contributed by atoms with Crippen molar-refractivity contribution in [2.45, 2.75) is 73.5 Å². The van der Waals surface area contributed by atoms with Crippen LogP contribution in [0.15, 0.2) is 47.4 Å². The Labute approximate surface area is 235 Å². The Morgan fingerprint density at radius 2 is 1.60 bits per heavy atom. The number of aryl methyl sites for hydroxylation is 1. The molecular weight excluding hydrogens is 599 g/mol. The number of primary amides is 1. The molecule has 2 aromatic rings. The van der Waals surface area contributed by atoms with Gasteiger partial charge in [0.1, 0.15) is 5.82 Å². The molecule has 1 aliphatic carbocycles. The number of rotatable bonds is 7. The normalized spacial score (nSPS) is 21.6. The van der Waals surface area contributed by atoms with Crippen LogP contribution in [0.3, 0.4) is 0 Å². The molecule has 1 heterocycles. The van der Waals surface area contributed by atoms with Gasteiger partial charge in [-0.15, -0.1) is 0 Å². The Morgan fingerprint density at radius 3 is 2.17 bits per heavy atom. The van der Waals surface area contributed by atoms with Gasteiger partial charge in [-0.1, -0.05) is 18.6 Å². The van der Waals surface area contributed by atoms with Crippen LogP contribution in [0.5, 0.6) is 0 Å². The number of carbonyl (C=O) groups excluding carboxylic acids is 2. The molecule has 0 bridgehead atoms. The Bertz CT molecular complexity index is 1450. The van der Waals surface area contributed by atoms with E-state index in [9.17, 15) is 53.8 Å². The van der Waals surface area contributed by atoms with Crippen molar-refractivity contribution < 1.29 is 53.8 Å². The van der Waals surface area contributed by atoms with Crippen molar-refractivity contribution in [1.82, 2.24) is 5.32 Å². The van der Waals surface area contributed by atoms with E-state index in [0.717, 1.165) is 24.3 Å². The minimum atomic E-state index is -6.16. The molecule has 0 radical (unpaired) electrons. The third-order valence-corrected chi connectivity index (χ3v) is 9.53. The molecule has 1 aliphatic heterocycles. The van der Waals surface area contributed by atoms with E-state index in [1.165, 1.54) is 0 Å². The summed E-state index contributed by atoms with van der Waals surface area (Å²) in [5.41, 5.74) is -1.97. The van der Waals surface area contributed by atoms with Crippen LogP contribution in [0.4, 0.5) is 36.4 Å². The molecule has 1 saturated carbocycles. The summed E-state index contributed by atoms with van der Waals surface area (Å²) in [6, 6.07) is 3.27. The van der Waals surface area contributed by atoms with Gasteiger partial charge in [-0.25, -0.2) is 12.8 Å². The second-order valence-corrected chi connectivity index (χ2v) is 12.1. The van der Waals surface area contributed by atoms with E-state index in [1.807, 2.05) is 0 Å². The summed E-state index contributed by atoms with van der Waals surface area (Å²) in [7, 11) is -4.64. The van der Waals surface area contributed by atoms with Crippen LogP contribution >= 0.6 is 0 Å². The van der Waals surface area contributed by atoms with E-state index in [1.54, 1.807) is 0 Å². The predicted molar refractivity (Wildman–Crippen MR) is 134 cm³/mol. The fraction of sp³-hybridized carbons (Fsp3) is 0.462. The average molecular weight is 626 g/mol. The maximum absolute atomic E-state index is 13.7. The van der Waals surface area contributed by atoms with Crippen LogP contribution in [-0.2, 0) is 31.6 Å². The number of nitrogens with two attached hydrogens (primary N) is 1. The first-order valence-electron chi connectivity index (χ1n) is 12.8. The molecule has 2 aromatic carbocycles. The number of nitrogens with zero attached hydrogens (tertiary/aromatic N) is 1. The highest BCUT2D eigenvalue weighted by molar-refractivity contribution is 7.92. The molecule has 0 saturated heterocycles. The van der Waals surface area contributed by atoms with Crippen LogP contribution in [0, 0.1) is 11.7 Å². The maximum Gasteiger partial charge on any atom is 0.430 e. The third kappa shape index (κ3) is 5.65. The molecule has 42 heavy (non-hydrogen) atoms. The molecule has 16 heteroatoms. The summed E-state index contributed by atoms with van der Waals surface area (Å²) < 4.78 is 123. The van der Waals surface area contributed by atoms with Crippen molar-refractivity contribution in [2.24, 2.45) is 11.7 Å². The lowest BCUT2D eigenvalue weighted by molar-refractivity contribution is -0.376. The minimum absolute atomic E-state index is 0.204. The van der Waals surface area contributed by atoms with Gasteiger partial charge in [0.25, 0.3) is 15.6 Å². The SMILES string of the molecule is NC(=O)C1CCCC1NC(=O)CC1CCc2cc(C(O)(C(F)(F)F)C(F)(F)F)ccc2N1S(=O)(=O)c1ccc(F)cc1. The number of fused-ring (bicyclic) bond motifs is 1. The number of sulfonamides is 1. The van der Waals surface area contributed by atoms with Gasteiger partial charge < -0.3 is 16.2 Å². The smallest absolute Gasteiger partial charge is 0.369 e. The van der Waals surface area contributed by atoms with Crippen LogP contribution in [0.25, 0.3) is 0 Å². The lowest BCUT2D eigenvalue weighted by atomic mass is 9.87. The zero-order chi connectivity index (χ0) is 31.3. The van der Waals surface area contributed by atoms with Gasteiger partial charge in [0.2, 0.25) is 11.8 Å². The first-order chi connectivity index (χ1) is 19.4. The Kier molecular flexibility index (Phi) is 8.28. The van der Waals surface area contributed by atoms with E-state index >= 15 is 0 Å². The molecule has 0 aromatic heterocycles. The number of amides is 2. The molecule has 3 unspecified atom stereocenters. The second-order valence-electron chi connectivity index (χ2n) is 10.3. The first kappa shape index (κ1) is 31.5. The fourth-order valence-corrected chi connectivity index (χ4v) is 7.25. The maximum atomic E-state index is 13.7. The van der Waals surface area contributed by atoms with Gasteiger partial charge in [0.15, 0.2) is 0 Å². The van der Waals surface area contributed by atoms with Gasteiger partial charge in [-0.05, 0) is 61.6 Å². The number of hydrogen-bond donors (Lipinski definition) is 3. The number of carbonyl (C=O) groups is 2. The lowest BCUT2D eigenvalue weighted by Gasteiger charge is -2.39. The van der Waals surface area contributed by atoms with Crippen LogP contribution < -0.4 is 15.4 Å².